The highest BCUT2D eigenvalue weighted by Gasteiger charge is 2.16. The van der Waals surface area contributed by atoms with E-state index in [1.807, 2.05) is 26.0 Å². The van der Waals surface area contributed by atoms with E-state index in [4.69, 9.17) is 10.5 Å². The highest BCUT2D eigenvalue weighted by molar-refractivity contribution is 5.96. The van der Waals surface area contributed by atoms with Crippen molar-refractivity contribution in [2.45, 2.75) is 6.92 Å². The van der Waals surface area contributed by atoms with Crippen molar-refractivity contribution in [1.29, 1.82) is 0 Å². The summed E-state index contributed by atoms with van der Waals surface area (Å²) in [4.78, 5) is 20.0. The summed E-state index contributed by atoms with van der Waals surface area (Å²) in [5.41, 5.74) is 6.82. The summed E-state index contributed by atoms with van der Waals surface area (Å²) in [5, 5.41) is 0. The van der Waals surface area contributed by atoms with Crippen LogP contribution in [0.1, 0.15) is 17.3 Å². The van der Waals surface area contributed by atoms with E-state index in [1.54, 1.807) is 19.2 Å². The van der Waals surface area contributed by atoms with Gasteiger partial charge in [0.25, 0.3) is 0 Å². The lowest BCUT2D eigenvalue weighted by atomic mass is 10.2. The topological polar surface area (TPSA) is 71.7 Å². The van der Waals surface area contributed by atoms with Crippen molar-refractivity contribution >= 4 is 17.5 Å². The Kier molecular flexibility index (Phi) is 5.57. The highest BCUT2D eigenvalue weighted by atomic mass is 16.5. The predicted molar refractivity (Wildman–Crippen MR) is 76.4 cm³/mol. The van der Waals surface area contributed by atoms with Crippen LogP contribution in [0.25, 0.3) is 0 Å². The first-order chi connectivity index (χ1) is 8.95. The fourth-order valence-corrected chi connectivity index (χ4v) is 1.61. The molecule has 1 rings (SSSR count). The molecule has 6 nitrogen and oxygen atoms in total. The van der Waals surface area contributed by atoms with Gasteiger partial charge in [0.15, 0.2) is 0 Å². The van der Waals surface area contributed by atoms with E-state index < -0.39 is 0 Å². The van der Waals surface area contributed by atoms with Crippen molar-refractivity contribution in [2.75, 3.05) is 51.5 Å². The summed E-state index contributed by atoms with van der Waals surface area (Å²) in [6, 6.07) is 1.56. The molecule has 0 atom stereocenters. The number of nitrogens with two attached hydrogens (primary N) is 1. The van der Waals surface area contributed by atoms with Crippen LogP contribution in [0.15, 0.2) is 12.3 Å². The Hall–Kier alpha value is -1.82. The lowest BCUT2D eigenvalue weighted by Gasteiger charge is -2.23. The number of aromatic nitrogens is 1. The standard InChI is InChI=1S/C13H22N4O2/c1-5-19-13(18)10-8-12(14)15-9-11(10)17(4)7-6-16(2)3/h8-9H,5-7H2,1-4H3,(H2,14,15). The first kappa shape index (κ1) is 15.2. The van der Waals surface area contributed by atoms with E-state index in [-0.39, 0.29) is 5.97 Å². The predicted octanol–water partition coefficient (Wildman–Crippen LogP) is 0.838. The molecule has 1 heterocycles. The number of likely N-dealkylation sites (N-methyl/N-ethyl adjacent to an activating group) is 2. The molecule has 0 spiro atoms. The smallest absolute Gasteiger partial charge is 0.340 e. The van der Waals surface area contributed by atoms with Crippen molar-refractivity contribution in [3.8, 4) is 0 Å². The Bertz CT molecular complexity index is 435. The molecule has 0 aliphatic rings. The Morgan fingerprint density at radius 1 is 1.37 bits per heavy atom. The van der Waals surface area contributed by atoms with Gasteiger partial charge in [-0.25, -0.2) is 9.78 Å². The molecule has 1 aromatic heterocycles. The average Bonchev–Trinajstić information content (AvgIpc) is 2.36. The molecule has 0 bridgehead atoms. The Morgan fingerprint density at radius 3 is 2.63 bits per heavy atom. The maximum atomic E-state index is 11.9. The van der Waals surface area contributed by atoms with Crippen molar-refractivity contribution in [3.63, 3.8) is 0 Å². The molecule has 0 saturated carbocycles. The van der Waals surface area contributed by atoms with Gasteiger partial charge in [-0.05, 0) is 27.1 Å². The molecular weight excluding hydrogens is 244 g/mol. The van der Waals surface area contributed by atoms with Gasteiger partial charge in [0.1, 0.15) is 5.82 Å². The Morgan fingerprint density at radius 2 is 2.05 bits per heavy atom. The van der Waals surface area contributed by atoms with Crippen LogP contribution in [0.2, 0.25) is 0 Å². The van der Waals surface area contributed by atoms with Crippen LogP contribution < -0.4 is 10.6 Å². The number of pyridine rings is 1. The summed E-state index contributed by atoms with van der Waals surface area (Å²) in [6.07, 6.45) is 1.61. The summed E-state index contributed by atoms with van der Waals surface area (Å²) in [5.74, 6) is -0.0592. The molecule has 0 aliphatic heterocycles. The number of anilines is 2. The molecule has 0 fully saturated rings. The zero-order valence-electron chi connectivity index (χ0n) is 12.0. The van der Waals surface area contributed by atoms with Gasteiger partial charge in [-0.1, -0.05) is 0 Å². The number of rotatable bonds is 6. The SMILES string of the molecule is CCOC(=O)c1cc(N)ncc1N(C)CCN(C)C. The molecule has 19 heavy (non-hydrogen) atoms. The van der Waals surface area contributed by atoms with Gasteiger partial charge >= 0.3 is 5.97 Å². The highest BCUT2D eigenvalue weighted by Crippen LogP contribution is 2.21. The first-order valence-electron chi connectivity index (χ1n) is 6.24. The van der Waals surface area contributed by atoms with Crippen LogP contribution in [0.4, 0.5) is 11.5 Å². The van der Waals surface area contributed by atoms with E-state index in [0.29, 0.717) is 18.0 Å². The van der Waals surface area contributed by atoms with Gasteiger partial charge in [-0.2, -0.15) is 0 Å². The average molecular weight is 266 g/mol. The molecule has 0 unspecified atom stereocenters. The van der Waals surface area contributed by atoms with E-state index in [0.717, 1.165) is 18.8 Å². The monoisotopic (exact) mass is 266 g/mol. The second kappa shape index (κ2) is 6.94. The number of carbonyl (C=O) groups excluding carboxylic acids is 1. The van der Waals surface area contributed by atoms with E-state index in [1.165, 1.54) is 0 Å². The minimum atomic E-state index is -0.372. The summed E-state index contributed by atoms with van der Waals surface area (Å²) in [6.45, 7) is 3.77. The molecule has 6 heteroatoms. The van der Waals surface area contributed by atoms with Crippen molar-refractivity contribution in [1.82, 2.24) is 9.88 Å². The Labute approximate surface area is 114 Å². The quantitative estimate of drug-likeness (QED) is 0.769. The Balaban J connectivity index is 2.95. The van der Waals surface area contributed by atoms with E-state index in [2.05, 4.69) is 9.88 Å². The molecule has 0 amide bonds. The van der Waals surface area contributed by atoms with Crippen LogP contribution in [-0.4, -0.2) is 56.7 Å². The fourth-order valence-electron chi connectivity index (χ4n) is 1.61. The van der Waals surface area contributed by atoms with E-state index in [9.17, 15) is 4.79 Å². The van der Waals surface area contributed by atoms with Crippen LogP contribution in [0.3, 0.4) is 0 Å². The second-order valence-corrected chi connectivity index (χ2v) is 4.57. The number of ether oxygens (including phenoxy) is 1. The number of hydrogen-bond donors (Lipinski definition) is 1. The van der Waals surface area contributed by atoms with Crippen molar-refractivity contribution in [3.05, 3.63) is 17.8 Å². The molecule has 0 aliphatic carbocycles. The molecule has 1 aromatic rings. The minimum absolute atomic E-state index is 0.313. The second-order valence-electron chi connectivity index (χ2n) is 4.57. The van der Waals surface area contributed by atoms with Crippen LogP contribution >= 0.6 is 0 Å². The third-order valence-corrected chi connectivity index (χ3v) is 2.69. The van der Waals surface area contributed by atoms with Gasteiger partial charge < -0.3 is 20.3 Å². The van der Waals surface area contributed by atoms with Crippen LogP contribution in [0, 0.1) is 0 Å². The molecule has 0 radical (unpaired) electrons. The number of nitrogens with zero attached hydrogens (tertiary/aromatic N) is 3. The number of carbonyl (C=O) groups is 1. The maximum Gasteiger partial charge on any atom is 0.340 e. The zero-order chi connectivity index (χ0) is 14.4. The van der Waals surface area contributed by atoms with Gasteiger partial charge in [-0.3, -0.25) is 0 Å². The van der Waals surface area contributed by atoms with Gasteiger partial charge in [0, 0.05) is 20.1 Å². The van der Waals surface area contributed by atoms with Gasteiger partial charge in [0.05, 0.1) is 24.1 Å². The molecule has 0 saturated heterocycles. The molecule has 0 aromatic carbocycles. The van der Waals surface area contributed by atoms with Gasteiger partial charge in [0.2, 0.25) is 0 Å². The van der Waals surface area contributed by atoms with E-state index >= 15 is 0 Å². The largest absolute Gasteiger partial charge is 0.462 e. The normalized spacial score (nSPS) is 10.6. The molecule has 2 N–H and O–H groups in total. The van der Waals surface area contributed by atoms with Crippen LogP contribution in [0.5, 0.6) is 0 Å². The minimum Gasteiger partial charge on any atom is -0.462 e. The fraction of sp³-hybridized carbons (Fsp3) is 0.538. The molecule has 106 valence electrons. The summed E-state index contributed by atoms with van der Waals surface area (Å²) >= 11 is 0. The van der Waals surface area contributed by atoms with Gasteiger partial charge in [-0.15, -0.1) is 0 Å². The third-order valence-electron chi connectivity index (χ3n) is 2.69. The lowest BCUT2D eigenvalue weighted by Crippen LogP contribution is -2.29. The zero-order valence-corrected chi connectivity index (χ0v) is 12.0. The van der Waals surface area contributed by atoms with Crippen molar-refractivity contribution < 1.29 is 9.53 Å². The summed E-state index contributed by atoms with van der Waals surface area (Å²) < 4.78 is 5.04. The first-order valence-corrected chi connectivity index (χ1v) is 6.24. The maximum absolute atomic E-state index is 11.9. The third kappa shape index (κ3) is 4.40. The number of nitrogen functional groups attached to an aromatic ring is 1. The summed E-state index contributed by atoms with van der Waals surface area (Å²) in [7, 11) is 5.92. The number of esters is 1. The van der Waals surface area contributed by atoms with Crippen LogP contribution in [-0.2, 0) is 4.74 Å². The lowest BCUT2D eigenvalue weighted by molar-refractivity contribution is 0.0527. The van der Waals surface area contributed by atoms with Crippen molar-refractivity contribution in [2.24, 2.45) is 0 Å². The number of hydrogen-bond acceptors (Lipinski definition) is 6. The molecular formula is C13H22N4O2.